The lowest BCUT2D eigenvalue weighted by Crippen LogP contribution is -1.89. The monoisotopic (exact) mass is 229 g/mol. The van der Waals surface area contributed by atoms with Crippen LogP contribution >= 0.6 is 0 Å². The summed E-state index contributed by atoms with van der Waals surface area (Å²) in [5, 5.41) is 18.3. The standard InChI is InChI=1S/C13H8FNO2/c14-10-5-6-12(9(7-10)8-15)17-13-4-2-1-3-11(13)16/h1-7,16H. The summed E-state index contributed by atoms with van der Waals surface area (Å²) in [6.07, 6.45) is 0. The van der Waals surface area contributed by atoms with Gasteiger partial charge < -0.3 is 9.84 Å². The fourth-order valence-corrected chi connectivity index (χ4v) is 1.34. The van der Waals surface area contributed by atoms with Gasteiger partial charge in [-0.2, -0.15) is 5.26 Å². The average Bonchev–Trinajstić information content (AvgIpc) is 2.34. The predicted octanol–water partition coefficient (Wildman–Crippen LogP) is 3.20. The van der Waals surface area contributed by atoms with Gasteiger partial charge in [0.25, 0.3) is 0 Å². The SMILES string of the molecule is N#Cc1cc(F)ccc1Oc1ccccc1O. The molecule has 3 nitrogen and oxygen atoms in total. The van der Waals surface area contributed by atoms with Crippen molar-refractivity contribution in [3.05, 3.63) is 53.8 Å². The highest BCUT2D eigenvalue weighted by molar-refractivity contribution is 5.48. The molecule has 17 heavy (non-hydrogen) atoms. The smallest absolute Gasteiger partial charge is 0.169 e. The summed E-state index contributed by atoms with van der Waals surface area (Å²) in [6, 6.07) is 11.8. The number of aromatic hydroxyl groups is 1. The van der Waals surface area contributed by atoms with Crippen LogP contribution in [0.5, 0.6) is 17.2 Å². The molecule has 2 aromatic carbocycles. The molecule has 2 aromatic rings. The molecule has 0 saturated carbocycles. The highest BCUT2D eigenvalue weighted by atomic mass is 19.1. The Morgan fingerprint density at radius 3 is 2.59 bits per heavy atom. The van der Waals surface area contributed by atoms with E-state index in [9.17, 15) is 9.50 Å². The van der Waals surface area contributed by atoms with Gasteiger partial charge in [0, 0.05) is 0 Å². The van der Waals surface area contributed by atoms with Crippen LogP contribution in [-0.2, 0) is 0 Å². The topological polar surface area (TPSA) is 53.2 Å². The maximum Gasteiger partial charge on any atom is 0.169 e. The Labute approximate surface area is 97.3 Å². The molecule has 0 aliphatic rings. The third-order valence-corrected chi connectivity index (χ3v) is 2.15. The van der Waals surface area contributed by atoms with Crippen LogP contribution in [0, 0.1) is 17.1 Å². The van der Waals surface area contributed by atoms with E-state index in [0.717, 1.165) is 6.07 Å². The Morgan fingerprint density at radius 1 is 1.12 bits per heavy atom. The number of phenolic OH excluding ortho intramolecular Hbond substituents is 1. The Kier molecular flexibility index (Phi) is 2.93. The highest BCUT2D eigenvalue weighted by Gasteiger charge is 2.08. The average molecular weight is 229 g/mol. The van der Waals surface area contributed by atoms with Crippen LogP contribution < -0.4 is 4.74 Å². The molecule has 2 rings (SSSR count). The Balaban J connectivity index is 2.37. The van der Waals surface area contributed by atoms with Crippen LogP contribution in [0.15, 0.2) is 42.5 Å². The predicted molar refractivity (Wildman–Crippen MR) is 59.3 cm³/mol. The lowest BCUT2D eigenvalue weighted by Gasteiger charge is -2.08. The number of hydrogen-bond donors (Lipinski definition) is 1. The van der Waals surface area contributed by atoms with Crippen LogP contribution in [-0.4, -0.2) is 5.11 Å². The lowest BCUT2D eigenvalue weighted by molar-refractivity contribution is 0.410. The van der Waals surface area contributed by atoms with Crippen molar-refractivity contribution >= 4 is 0 Å². The van der Waals surface area contributed by atoms with Gasteiger partial charge in [0.1, 0.15) is 17.6 Å². The molecule has 0 heterocycles. The first kappa shape index (κ1) is 11.0. The fraction of sp³-hybridized carbons (Fsp3) is 0. The largest absolute Gasteiger partial charge is 0.504 e. The molecule has 0 aliphatic carbocycles. The second-order valence-electron chi connectivity index (χ2n) is 3.32. The summed E-state index contributed by atoms with van der Waals surface area (Å²) in [6.45, 7) is 0. The van der Waals surface area contributed by atoms with Crippen molar-refractivity contribution in [1.82, 2.24) is 0 Å². The molecule has 0 radical (unpaired) electrons. The molecular formula is C13H8FNO2. The minimum Gasteiger partial charge on any atom is -0.504 e. The molecule has 0 aliphatic heterocycles. The quantitative estimate of drug-likeness (QED) is 0.860. The highest BCUT2D eigenvalue weighted by Crippen LogP contribution is 2.31. The fourth-order valence-electron chi connectivity index (χ4n) is 1.34. The van der Waals surface area contributed by atoms with Crippen LogP contribution in [0.25, 0.3) is 0 Å². The van der Waals surface area contributed by atoms with Crippen molar-refractivity contribution < 1.29 is 14.2 Å². The zero-order chi connectivity index (χ0) is 12.3. The lowest BCUT2D eigenvalue weighted by atomic mass is 10.2. The molecule has 0 aromatic heterocycles. The van der Waals surface area contributed by atoms with Gasteiger partial charge in [-0.1, -0.05) is 12.1 Å². The maximum atomic E-state index is 12.9. The molecule has 0 saturated heterocycles. The number of hydrogen-bond acceptors (Lipinski definition) is 3. The third kappa shape index (κ3) is 2.34. The minimum atomic E-state index is -0.508. The van der Waals surface area contributed by atoms with Crippen molar-refractivity contribution in [3.8, 4) is 23.3 Å². The van der Waals surface area contributed by atoms with Gasteiger partial charge in [-0.15, -0.1) is 0 Å². The number of phenols is 1. The van der Waals surface area contributed by atoms with Crippen LogP contribution in [0.4, 0.5) is 4.39 Å². The normalized spacial score (nSPS) is 9.65. The van der Waals surface area contributed by atoms with E-state index in [-0.39, 0.29) is 22.8 Å². The molecule has 0 bridgehead atoms. The second kappa shape index (κ2) is 4.54. The van der Waals surface area contributed by atoms with E-state index in [1.165, 1.54) is 18.2 Å². The molecule has 1 N–H and O–H groups in total. The van der Waals surface area contributed by atoms with E-state index >= 15 is 0 Å². The zero-order valence-corrected chi connectivity index (χ0v) is 8.72. The van der Waals surface area contributed by atoms with Gasteiger partial charge in [-0.3, -0.25) is 0 Å². The molecule has 84 valence electrons. The van der Waals surface area contributed by atoms with Gasteiger partial charge in [-0.05, 0) is 30.3 Å². The molecule has 0 fully saturated rings. The summed E-state index contributed by atoms with van der Waals surface area (Å²) in [5.41, 5.74) is 0.0771. The van der Waals surface area contributed by atoms with Crippen molar-refractivity contribution in [1.29, 1.82) is 5.26 Å². The van der Waals surface area contributed by atoms with Gasteiger partial charge >= 0.3 is 0 Å². The number of benzene rings is 2. The Bertz CT molecular complexity index is 590. The molecule has 0 spiro atoms. The molecular weight excluding hydrogens is 221 g/mol. The van der Waals surface area contributed by atoms with Crippen LogP contribution in [0.3, 0.4) is 0 Å². The summed E-state index contributed by atoms with van der Waals surface area (Å²) >= 11 is 0. The Hall–Kier alpha value is -2.54. The Morgan fingerprint density at radius 2 is 1.88 bits per heavy atom. The van der Waals surface area contributed by atoms with Crippen molar-refractivity contribution in [2.24, 2.45) is 0 Å². The van der Waals surface area contributed by atoms with E-state index < -0.39 is 5.82 Å². The molecule has 0 amide bonds. The molecule has 0 unspecified atom stereocenters. The maximum absolute atomic E-state index is 12.9. The van der Waals surface area contributed by atoms with E-state index in [1.807, 2.05) is 6.07 Å². The van der Waals surface area contributed by atoms with Gasteiger partial charge in [-0.25, -0.2) is 4.39 Å². The van der Waals surface area contributed by atoms with Crippen molar-refractivity contribution in [2.45, 2.75) is 0 Å². The first-order chi connectivity index (χ1) is 8.20. The van der Waals surface area contributed by atoms with Crippen molar-refractivity contribution in [3.63, 3.8) is 0 Å². The minimum absolute atomic E-state index is 0.0410. The summed E-state index contributed by atoms with van der Waals surface area (Å²) in [7, 11) is 0. The van der Waals surface area contributed by atoms with Gasteiger partial charge in [0.05, 0.1) is 5.56 Å². The number of ether oxygens (including phenoxy) is 1. The number of para-hydroxylation sites is 2. The molecule has 4 heteroatoms. The zero-order valence-electron chi connectivity index (χ0n) is 8.72. The van der Waals surface area contributed by atoms with Gasteiger partial charge in [0.15, 0.2) is 11.5 Å². The van der Waals surface area contributed by atoms with E-state index in [2.05, 4.69) is 0 Å². The van der Waals surface area contributed by atoms with Crippen LogP contribution in [0.1, 0.15) is 5.56 Å². The summed E-state index contributed by atoms with van der Waals surface area (Å²) in [4.78, 5) is 0. The third-order valence-electron chi connectivity index (χ3n) is 2.15. The summed E-state index contributed by atoms with van der Waals surface area (Å²) < 4.78 is 18.2. The van der Waals surface area contributed by atoms with E-state index in [4.69, 9.17) is 10.00 Å². The second-order valence-corrected chi connectivity index (χ2v) is 3.32. The summed E-state index contributed by atoms with van der Waals surface area (Å²) in [5.74, 6) is -0.127. The van der Waals surface area contributed by atoms with E-state index in [1.54, 1.807) is 18.2 Å². The number of nitrogens with zero attached hydrogens (tertiary/aromatic N) is 1. The van der Waals surface area contributed by atoms with Crippen molar-refractivity contribution in [2.75, 3.05) is 0 Å². The first-order valence-corrected chi connectivity index (χ1v) is 4.86. The van der Waals surface area contributed by atoms with E-state index in [0.29, 0.717) is 0 Å². The van der Waals surface area contributed by atoms with Gasteiger partial charge in [0.2, 0.25) is 0 Å². The number of nitriles is 1. The van der Waals surface area contributed by atoms with Crippen LogP contribution in [0.2, 0.25) is 0 Å². The number of halogens is 1. The first-order valence-electron chi connectivity index (χ1n) is 4.86. The number of rotatable bonds is 2. The molecule has 0 atom stereocenters.